The Morgan fingerprint density at radius 1 is 0.320 bits per heavy atom. The summed E-state index contributed by atoms with van der Waals surface area (Å²) in [7, 11) is 0. The quantitative estimate of drug-likeness (QED) is 0.169. The second-order valence-electron chi connectivity index (χ2n) is 12.5. The maximum Gasteiger partial charge on any atom is 0.0618 e. The SMILES string of the molecule is c1ccc(-c2ccccc2N(c2c(-c3ccccc3)cccc2-c2ccccc2)c2cccc3c2c2ccccc2n3-c2ccccc2)cc1. The van der Waals surface area contributed by atoms with Crippen molar-refractivity contribution in [1.29, 1.82) is 0 Å². The van der Waals surface area contributed by atoms with Crippen LogP contribution in [0.3, 0.4) is 0 Å². The highest BCUT2D eigenvalue weighted by molar-refractivity contribution is 6.18. The van der Waals surface area contributed by atoms with Crippen molar-refractivity contribution in [3.63, 3.8) is 0 Å². The first-order valence-corrected chi connectivity index (χ1v) is 17.1. The monoisotopic (exact) mass is 638 g/mol. The number of hydrogen-bond donors (Lipinski definition) is 0. The minimum atomic E-state index is 1.11. The van der Waals surface area contributed by atoms with Gasteiger partial charge in [-0.1, -0.05) is 170 Å². The molecule has 0 atom stereocenters. The molecule has 9 aromatic rings. The summed E-state index contributed by atoms with van der Waals surface area (Å²) in [4.78, 5) is 2.52. The number of fused-ring (bicyclic) bond motifs is 3. The van der Waals surface area contributed by atoms with Gasteiger partial charge in [-0.2, -0.15) is 0 Å². The molecule has 2 heteroatoms. The number of hydrogen-bond acceptors (Lipinski definition) is 1. The van der Waals surface area contributed by atoms with E-state index in [1.54, 1.807) is 0 Å². The Morgan fingerprint density at radius 2 is 0.760 bits per heavy atom. The molecular weight excluding hydrogens is 605 g/mol. The maximum absolute atomic E-state index is 2.52. The molecule has 0 amide bonds. The van der Waals surface area contributed by atoms with E-state index in [-0.39, 0.29) is 0 Å². The standard InChI is InChI=1S/C48H34N2/c1-5-19-35(20-6-1)39-27-13-15-31-43(39)50(48-40(36-21-7-2-8-22-36)29-17-30-41(48)37-23-9-3-10-24-37)46-34-18-33-45-47(46)42-28-14-16-32-44(42)49(45)38-25-11-4-12-26-38/h1-34H. The van der Waals surface area contributed by atoms with E-state index in [0.29, 0.717) is 0 Å². The number of aromatic nitrogens is 1. The fourth-order valence-corrected chi connectivity index (χ4v) is 7.43. The van der Waals surface area contributed by atoms with Crippen molar-refractivity contribution < 1.29 is 0 Å². The van der Waals surface area contributed by atoms with E-state index in [1.807, 2.05) is 0 Å². The number of nitrogens with zero attached hydrogens (tertiary/aromatic N) is 2. The first kappa shape index (κ1) is 29.5. The van der Waals surface area contributed by atoms with Crippen LogP contribution in [-0.4, -0.2) is 4.57 Å². The molecule has 0 saturated heterocycles. The van der Waals surface area contributed by atoms with Crippen LogP contribution in [0, 0.1) is 0 Å². The topological polar surface area (TPSA) is 8.17 Å². The van der Waals surface area contributed by atoms with Crippen LogP contribution in [0.4, 0.5) is 17.1 Å². The van der Waals surface area contributed by atoms with Crippen LogP contribution >= 0.6 is 0 Å². The number of benzene rings is 8. The molecular formula is C48H34N2. The fraction of sp³-hybridized carbons (Fsp3) is 0. The molecule has 50 heavy (non-hydrogen) atoms. The van der Waals surface area contributed by atoms with Gasteiger partial charge in [0.2, 0.25) is 0 Å². The fourth-order valence-electron chi connectivity index (χ4n) is 7.43. The molecule has 0 aliphatic rings. The molecule has 0 radical (unpaired) electrons. The van der Waals surface area contributed by atoms with E-state index >= 15 is 0 Å². The third kappa shape index (κ3) is 5.06. The summed E-state index contributed by atoms with van der Waals surface area (Å²) in [5, 5.41) is 2.42. The highest BCUT2D eigenvalue weighted by atomic mass is 15.2. The van der Waals surface area contributed by atoms with Gasteiger partial charge in [-0.3, -0.25) is 0 Å². The van der Waals surface area contributed by atoms with Crippen LogP contribution in [0.2, 0.25) is 0 Å². The van der Waals surface area contributed by atoms with Gasteiger partial charge in [0.15, 0.2) is 0 Å². The third-order valence-corrected chi connectivity index (χ3v) is 9.59. The number of anilines is 3. The van der Waals surface area contributed by atoms with E-state index in [2.05, 4.69) is 216 Å². The van der Waals surface area contributed by atoms with E-state index in [0.717, 1.165) is 28.3 Å². The highest BCUT2D eigenvalue weighted by Crippen LogP contribution is 2.51. The lowest BCUT2D eigenvalue weighted by Gasteiger charge is -2.32. The van der Waals surface area contributed by atoms with Crippen molar-refractivity contribution in [3.05, 3.63) is 206 Å². The van der Waals surface area contributed by atoms with Crippen molar-refractivity contribution in [2.75, 3.05) is 4.90 Å². The van der Waals surface area contributed by atoms with Crippen LogP contribution in [0.25, 0.3) is 60.9 Å². The lowest BCUT2D eigenvalue weighted by molar-refractivity contribution is 1.18. The van der Waals surface area contributed by atoms with Crippen LogP contribution in [-0.2, 0) is 0 Å². The minimum absolute atomic E-state index is 1.11. The summed E-state index contributed by atoms with van der Waals surface area (Å²) < 4.78 is 2.40. The number of para-hydroxylation sites is 4. The first-order valence-electron chi connectivity index (χ1n) is 17.1. The summed E-state index contributed by atoms with van der Waals surface area (Å²) in [5.41, 5.74) is 13.9. The van der Waals surface area contributed by atoms with E-state index in [9.17, 15) is 0 Å². The van der Waals surface area contributed by atoms with Gasteiger partial charge in [0.05, 0.1) is 28.1 Å². The Hall–Kier alpha value is -6.64. The predicted molar refractivity (Wildman–Crippen MR) is 212 cm³/mol. The lowest BCUT2D eigenvalue weighted by Crippen LogP contribution is -2.14. The molecule has 0 aliphatic heterocycles. The summed E-state index contributed by atoms with van der Waals surface area (Å²) in [6.07, 6.45) is 0. The highest BCUT2D eigenvalue weighted by Gasteiger charge is 2.27. The molecule has 2 nitrogen and oxygen atoms in total. The third-order valence-electron chi connectivity index (χ3n) is 9.59. The van der Waals surface area contributed by atoms with Crippen molar-refractivity contribution >= 4 is 38.9 Å². The second-order valence-corrected chi connectivity index (χ2v) is 12.5. The summed E-state index contributed by atoms with van der Waals surface area (Å²) >= 11 is 0. The van der Waals surface area contributed by atoms with Crippen LogP contribution in [0.1, 0.15) is 0 Å². The molecule has 9 rings (SSSR count). The van der Waals surface area contributed by atoms with Crippen molar-refractivity contribution in [1.82, 2.24) is 4.57 Å². The van der Waals surface area contributed by atoms with Crippen LogP contribution in [0.15, 0.2) is 206 Å². The lowest BCUT2D eigenvalue weighted by atomic mass is 9.93. The molecule has 8 aromatic carbocycles. The molecule has 0 fully saturated rings. The second kappa shape index (κ2) is 12.8. The van der Waals surface area contributed by atoms with Crippen molar-refractivity contribution in [3.8, 4) is 39.1 Å². The summed E-state index contributed by atoms with van der Waals surface area (Å²) in [6.45, 7) is 0. The average Bonchev–Trinajstić information content (AvgIpc) is 3.55. The van der Waals surface area contributed by atoms with Gasteiger partial charge in [-0.15, -0.1) is 0 Å². The molecule has 0 spiro atoms. The molecule has 0 bridgehead atoms. The Morgan fingerprint density at radius 3 is 1.40 bits per heavy atom. The first-order chi connectivity index (χ1) is 24.9. The van der Waals surface area contributed by atoms with Gasteiger partial charge >= 0.3 is 0 Å². The largest absolute Gasteiger partial charge is 0.309 e. The molecule has 1 aromatic heterocycles. The van der Waals surface area contributed by atoms with Gasteiger partial charge in [0.25, 0.3) is 0 Å². The Labute approximate surface area is 292 Å². The van der Waals surface area contributed by atoms with E-state index < -0.39 is 0 Å². The average molecular weight is 639 g/mol. The molecule has 0 N–H and O–H groups in total. The molecule has 1 heterocycles. The van der Waals surface area contributed by atoms with E-state index in [4.69, 9.17) is 0 Å². The zero-order valence-corrected chi connectivity index (χ0v) is 27.5. The van der Waals surface area contributed by atoms with Gasteiger partial charge in [0, 0.05) is 33.2 Å². The summed E-state index contributed by atoms with van der Waals surface area (Å²) in [6, 6.07) is 74.1. The smallest absolute Gasteiger partial charge is 0.0618 e. The molecule has 0 saturated carbocycles. The van der Waals surface area contributed by atoms with Crippen LogP contribution < -0.4 is 4.90 Å². The van der Waals surface area contributed by atoms with Gasteiger partial charge in [0.1, 0.15) is 0 Å². The number of rotatable bonds is 7. The zero-order valence-electron chi connectivity index (χ0n) is 27.5. The maximum atomic E-state index is 2.52. The molecule has 0 aliphatic carbocycles. The Balaban J connectivity index is 1.46. The van der Waals surface area contributed by atoms with Gasteiger partial charge in [-0.25, -0.2) is 0 Å². The summed E-state index contributed by atoms with van der Waals surface area (Å²) in [5.74, 6) is 0. The minimum Gasteiger partial charge on any atom is -0.309 e. The predicted octanol–water partition coefficient (Wildman–Crippen LogP) is 13.3. The Bertz CT molecular complexity index is 2510. The van der Waals surface area contributed by atoms with Crippen LogP contribution in [0.5, 0.6) is 0 Å². The molecule has 236 valence electrons. The van der Waals surface area contributed by atoms with Gasteiger partial charge in [-0.05, 0) is 53.1 Å². The van der Waals surface area contributed by atoms with E-state index in [1.165, 1.54) is 49.7 Å². The van der Waals surface area contributed by atoms with Gasteiger partial charge < -0.3 is 9.47 Å². The molecule has 0 unspecified atom stereocenters. The van der Waals surface area contributed by atoms with Crippen molar-refractivity contribution in [2.45, 2.75) is 0 Å². The Kier molecular flexibility index (Phi) is 7.53. The van der Waals surface area contributed by atoms with Crippen molar-refractivity contribution in [2.24, 2.45) is 0 Å². The zero-order chi connectivity index (χ0) is 33.3. The normalized spacial score (nSPS) is 11.2.